The lowest BCUT2D eigenvalue weighted by Gasteiger charge is -2.38. The molecule has 0 amide bonds. The summed E-state index contributed by atoms with van der Waals surface area (Å²) >= 11 is 0. The molecule has 1 saturated heterocycles. The molecule has 32 heavy (non-hydrogen) atoms. The van der Waals surface area contributed by atoms with E-state index in [4.69, 9.17) is 4.42 Å². The third-order valence-electron chi connectivity index (χ3n) is 5.99. The summed E-state index contributed by atoms with van der Waals surface area (Å²) in [5.74, 6) is 1.13. The minimum Gasteiger partial charge on any atom is -0.419 e. The van der Waals surface area contributed by atoms with Crippen LogP contribution in [0.5, 0.6) is 0 Å². The molecular weight excluding hydrogens is 408 g/mol. The summed E-state index contributed by atoms with van der Waals surface area (Å²) in [6.07, 6.45) is 3.24. The number of aromatic nitrogens is 3. The predicted molar refractivity (Wildman–Crippen MR) is 120 cm³/mol. The lowest BCUT2D eigenvalue weighted by atomic mass is 10.1. The molecule has 1 aliphatic rings. The highest BCUT2D eigenvalue weighted by molar-refractivity contribution is 5.99. The number of piperazine rings is 1. The normalized spacial score (nSPS) is 15.7. The molecule has 1 aliphatic heterocycles. The van der Waals surface area contributed by atoms with Crippen molar-refractivity contribution in [3.8, 4) is 11.5 Å². The van der Waals surface area contributed by atoms with E-state index in [1.165, 1.54) is 0 Å². The molecule has 0 unspecified atom stereocenters. The Morgan fingerprint density at radius 2 is 1.78 bits per heavy atom. The standard InChI is InChI=1S/C23H22N6O3/c1-16(22-25-26-23(32-22)17-5-3-2-4-6-17)27-11-13-28(14-12-27)20-7-8-21(29(30)31)19-15-24-10-9-18(19)20/h2-10,15-16H,11-14H2,1H3/t16-/m0/s1. The minimum absolute atomic E-state index is 0.0000767. The number of nitro benzene ring substituents is 1. The monoisotopic (exact) mass is 430 g/mol. The molecule has 0 saturated carbocycles. The van der Waals surface area contributed by atoms with Gasteiger partial charge in [0.1, 0.15) is 0 Å². The van der Waals surface area contributed by atoms with E-state index >= 15 is 0 Å². The van der Waals surface area contributed by atoms with Crippen molar-refractivity contribution < 1.29 is 9.34 Å². The van der Waals surface area contributed by atoms with Gasteiger partial charge in [0.2, 0.25) is 11.8 Å². The van der Waals surface area contributed by atoms with Crippen molar-refractivity contribution in [3.63, 3.8) is 0 Å². The van der Waals surface area contributed by atoms with Crippen LogP contribution in [0.1, 0.15) is 18.9 Å². The second-order valence-electron chi connectivity index (χ2n) is 7.79. The van der Waals surface area contributed by atoms with Crippen molar-refractivity contribution in [2.24, 2.45) is 0 Å². The molecule has 0 spiro atoms. The number of nitrogens with zero attached hydrogens (tertiary/aromatic N) is 6. The Kier molecular flexibility index (Phi) is 5.24. The number of hydrogen-bond acceptors (Lipinski definition) is 8. The van der Waals surface area contributed by atoms with Gasteiger partial charge in [0, 0.05) is 61.3 Å². The van der Waals surface area contributed by atoms with Crippen LogP contribution in [-0.2, 0) is 0 Å². The van der Waals surface area contributed by atoms with Crippen LogP contribution < -0.4 is 4.90 Å². The molecule has 1 fully saturated rings. The van der Waals surface area contributed by atoms with Crippen molar-refractivity contribution in [2.45, 2.75) is 13.0 Å². The number of benzene rings is 2. The van der Waals surface area contributed by atoms with Gasteiger partial charge < -0.3 is 9.32 Å². The van der Waals surface area contributed by atoms with E-state index in [2.05, 4.69) is 31.9 Å². The molecule has 2 aromatic heterocycles. The summed E-state index contributed by atoms with van der Waals surface area (Å²) < 4.78 is 5.94. The zero-order chi connectivity index (χ0) is 22.1. The number of hydrogen-bond donors (Lipinski definition) is 0. The highest BCUT2D eigenvalue weighted by atomic mass is 16.6. The second-order valence-corrected chi connectivity index (χ2v) is 7.79. The molecule has 5 rings (SSSR count). The maximum Gasteiger partial charge on any atom is 0.278 e. The topological polar surface area (TPSA) is 101 Å². The van der Waals surface area contributed by atoms with Gasteiger partial charge in [0.15, 0.2) is 0 Å². The molecule has 3 heterocycles. The molecule has 4 aromatic rings. The van der Waals surface area contributed by atoms with Crippen LogP contribution in [-0.4, -0.2) is 51.2 Å². The van der Waals surface area contributed by atoms with Gasteiger partial charge in [0.05, 0.1) is 16.4 Å². The van der Waals surface area contributed by atoms with E-state index in [9.17, 15) is 10.1 Å². The first-order valence-electron chi connectivity index (χ1n) is 10.5. The van der Waals surface area contributed by atoms with Crippen LogP contribution in [0.2, 0.25) is 0 Å². The Morgan fingerprint density at radius 1 is 1.00 bits per heavy atom. The van der Waals surface area contributed by atoms with Gasteiger partial charge >= 0.3 is 0 Å². The molecule has 0 aliphatic carbocycles. The lowest BCUT2D eigenvalue weighted by molar-refractivity contribution is -0.383. The van der Waals surface area contributed by atoms with Crippen LogP contribution in [0.15, 0.2) is 65.3 Å². The number of pyridine rings is 1. The molecule has 1 atom stereocenters. The maximum atomic E-state index is 11.4. The van der Waals surface area contributed by atoms with Crippen molar-refractivity contribution in [1.82, 2.24) is 20.1 Å². The largest absolute Gasteiger partial charge is 0.419 e. The molecule has 0 radical (unpaired) electrons. The number of non-ortho nitro benzene ring substituents is 1. The summed E-state index contributed by atoms with van der Waals surface area (Å²) in [6, 6.07) is 15.0. The van der Waals surface area contributed by atoms with Gasteiger partial charge in [-0.3, -0.25) is 20.0 Å². The average molecular weight is 430 g/mol. The zero-order valence-electron chi connectivity index (χ0n) is 17.6. The first kappa shape index (κ1) is 20.1. The summed E-state index contributed by atoms with van der Waals surface area (Å²) in [5, 5.41) is 21.3. The van der Waals surface area contributed by atoms with E-state index in [1.807, 2.05) is 42.5 Å². The Labute approximate surface area is 184 Å². The van der Waals surface area contributed by atoms with Gasteiger partial charge in [-0.1, -0.05) is 18.2 Å². The van der Waals surface area contributed by atoms with E-state index < -0.39 is 0 Å². The van der Waals surface area contributed by atoms with Crippen molar-refractivity contribution >= 4 is 22.1 Å². The fourth-order valence-corrected chi connectivity index (χ4v) is 4.20. The van der Waals surface area contributed by atoms with Gasteiger partial charge in [-0.15, -0.1) is 10.2 Å². The van der Waals surface area contributed by atoms with Crippen LogP contribution in [0.3, 0.4) is 0 Å². The Hall–Kier alpha value is -3.85. The van der Waals surface area contributed by atoms with E-state index in [1.54, 1.807) is 18.5 Å². The molecule has 162 valence electrons. The van der Waals surface area contributed by atoms with Crippen LogP contribution in [0.4, 0.5) is 11.4 Å². The van der Waals surface area contributed by atoms with Crippen molar-refractivity contribution in [2.75, 3.05) is 31.1 Å². The predicted octanol–water partition coefficient (Wildman–Crippen LogP) is 4.08. The first-order chi connectivity index (χ1) is 15.6. The molecule has 9 nitrogen and oxygen atoms in total. The van der Waals surface area contributed by atoms with Crippen LogP contribution >= 0.6 is 0 Å². The first-order valence-corrected chi connectivity index (χ1v) is 10.5. The number of rotatable bonds is 5. The fraction of sp³-hybridized carbons (Fsp3) is 0.261. The maximum absolute atomic E-state index is 11.4. The molecule has 9 heteroatoms. The van der Waals surface area contributed by atoms with Crippen molar-refractivity contribution in [1.29, 1.82) is 0 Å². The summed E-state index contributed by atoms with van der Waals surface area (Å²) in [6.45, 7) is 5.28. The summed E-state index contributed by atoms with van der Waals surface area (Å²) in [5.41, 5.74) is 1.97. The quantitative estimate of drug-likeness (QED) is 0.345. The highest BCUT2D eigenvalue weighted by Crippen LogP contribution is 2.34. The van der Waals surface area contributed by atoms with Crippen LogP contribution in [0, 0.1) is 10.1 Å². The van der Waals surface area contributed by atoms with Gasteiger partial charge in [-0.25, -0.2) is 0 Å². The number of nitro groups is 1. The molecule has 0 bridgehead atoms. The molecule has 0 N–H and O–H groups in total. The third kappa shape index (κ3) is 3.67. The average Bonchev–Trinajstić information content (AvgIpc) is 3.34. The highest BCUT2D eigenvalue weighted by Gasteiger charge is 2.27. The number of fused-ring (bicyclic) bond motifs is 1. The molecule has 2 aromatic carbocycles. The minimum atomic E-state index is -0.360. The van der Waals surface area contributed by atoms with Gasteiger partial charge in [-0.2, -0.15) is 0 Å². The van der Waals surface area contributed by atoms with E-state index in [-0.39, 0.29) is 16.7 Å². The second kappa shape index (κ2) is 8.35. The molecular formula is C23H22N6O3. The third-order valence-corrected chi connectivity index (χ3v) is 5.99. The Bertz CT molecular complexity index is 1250. The van der Waals surface area contributed by atoms with Gasteiger partial charge in [0.25, 0.3) is 5.69 Å². The van der Waals surface area contributed by atoms with Crippen LogP contribution in [0.25, 0.3) is 22.2 Å². The smallest absolute Gasteiger partial charge is 0.278 e. The Balaban J connectivity index is 1.31. The lowest BCUT2D eigenvalue weighted by Crippen LogP contribution is -2.47. The number of anilines is 1. The van der Waals surface area contributed by atoms with E-state index in [0.29, 0.717) is 17.2 Å². The van der Waals surface area contributed by atoms with Crippen molar-refractivity contribution in [3.05, 3.63) is 76.9 Å². The summed E-state index contributed by atoms with van der Waals surface area (Å²) in [7, 11) is 0. The summed E-state index contributed by atoms with van der Waals surface area (Å²) in [4.78, 5) is 19.7. The van der Waals surface area contributed by atoms with Gasteiger partial charge in [-0.05, 0) is 31.2 Å². The zero-order valence-corrected chi connectivity index (χ0v) is 17.6. The van der Waals surface area contributed by atoms with E-state index in [0.717, 1.165) is 42.8 Å². The fourth-order valence-electron chi connectivity index (χ4n) is 4.20. The Morgan fingerprint density at radius 3 is 2.53 bits per heavy atom. The SMILES string of the molecule is C[C@@H](c1nnc(-c2ccccc2)o1)N1CCN(c2ccc([N+](=O)[O-])c3cnccc23)CC1.